The van der Waals surface area contributed by atoms with E-state index in [0.717, 1.165) is 0 Å². The lowest BCUT2D eigenvalue weighted by atomic mass is 10.2. The van der Waals surface area contributed by atoms with Gasteiger partial charge in [-0.1, -0.05) is 23.4 Å². The quantitative estimate of drug-likeness (QED) is 0.431. The van der Waals surface area contributed by atoms with E-state index in [-0.39, 0.29) is 23.7 Å². The summed E-state index contributed by atoms with van der Waals surface area (Å²) in [5.74, 6) is -0.379. The molecule has 2 aromatic carbocycles. The van der Waals surface area contributed by atoms with Gasteiger partial charge in [-0.25, -0.2) is 4.68 Å². The van der Waals surface area contributed by atoms with Gasteiger partial charge in [-0.15, -0.1) is 5.10 Å². The van der Waals surface area contributed by atoms with Gasteiger partial charge in [-0.05, 0) is 30.7 Å². The first-order valence-electron chi connectivity index (χ1n) is 8.72. The topological polar surface area (TPSA) is 103 Å². The summed E-state index contributed by atoms with van der Waals surface area (Å²) in [7, 11) is 1.57. The Labute approximate surface area is 169 Å². The van der Waals surface area contributed by atoms with Gasteiger partial charge in [0.15, 0.2) is 5.69 Å². The summed E-state index contributed by atoms with van der Waals surface area (Å²) in [6.45, 7) is -1.07. The van der Waals surface area contributed by atoms with E-state index in [1.165, 1.54) is 39.9 Å². The molecular formula is C19H17F2N5O4. The molecule has 0 aliphatic heterocycles. The summed E-state index contributed by atoms with van der Waals surface area (Å²) in [5, 5.41) is 18.8. The van der Waals surface area contributed by atoms with Crippen LogP contribution in [0.1, 0.15) is 21.7 Å². The maximum absolute atomic E-state index is 12.8. The summed E-state index contributed by atoms with van der Waals surface area (Å²) < 4.78 is 30.1. The van der Waals surface area contributed by atoms with Crippen molar-refractivity contribution in [2.45, 2.75) is 20.1 Å². The zero-order chi connectivity index (χ0) is 21.8. The fraction of sp³-hybridized carbons (Fsp3) is 0.211. The van der Waals surface area contributed by atoms with E-state index >= 15 is 0 Å². The second-order valence-corrected chi connectivity index (χ2v) is 6.40. The Balaban J connectivity index is 1.75. The number of hydrogen-bond acceptors (Lipinski definition) is 6. The number of aromatic nitrogens is 3. The molecule has 0 saturated heterocycles. The molecule has 30 heavy (non-hydrogen) atoms. The van der Waals surface area contributed by atoms with Crippen molar-refractivity contribution in [3.63, 3.8) is 0 Å². The van der Waals surface area contributed by atoms with Gasteiger partial charge in [-0.2, -0.15) is 8.78 Å². The molecule has 0 unspecified atom stereocenters. The summed E-state index contributed by atoms with van der Waals surface area (Å²) in [6, 6.07) is 11.8. The number of carbonyl (C=O) groups is 1. The van der Waals surface area contributed by atoms with E-state index in [1.54, 1.807) is 32.2 Å². The molecule has 3 rings (SSSR count). The molecule has 0 fully saturated rings. The van der Waals surface area contributed by atoms with E-state index in [4.69, 9.17) is 0 Å². The van der Waals surface area contributed by atoms with Crippen LogP contribution in [0.3, 0.4) is 0 Å². The van der Waals surface area contributed by atoms with Crippen molar-refractivity contribution in [2.75, 3.05) is 7.05 Å². The molecule has 9 nitrogen and oxygen atoms in total. The third-order valence-corrected chi connectivity index (χ3v) is 4.30. The first-order valence-corrected chi connectivity index (χ1v) is 8.72. The summed E-state index contributed by atoms with van der Waals surface area (Å²) >= 11 is 0. The van der Waals surface area contributed by atoms with Crippen LogP contribution in [0.4, 0.5) is 14.5 Å². The molecule has 1 heterocycles. The van der Waals surface area contributed by atoms with Crippen LogP contribution in [0.25, 0.3) is 5.69 Å². The second kappa shape index (κ2) is 8.64. The monoisotopic (exact) mass is 417 g/mol. The van der Waals surface area contributed by atoms with Gasteiger partial charge in [0, 0.05) is 25.7 Å². The fourth-order valence-corrected chi connectivity index (χ4v) is 2.81. The standard InChI is InChI=1S/C19H17F2N5O4/c1-12-17(22-23-25(12)14-4-3-5-15(10-14)26(28)29)18(27)24(2)11-13-6-8-16(9-7-13)30-19(20)21/h3-10,19H,11H2,1-2H3. The number of non-ortho nitro benzene ring substituents is 1. The summed E-state index contributed by atoms with van der Waals surface area (Å²) in [4.78, 5) is 24.6. The van der Waals surface area contributed by atoms with E-state index < -0.39 is 17.4 Å². The minimum Gasteiger partial charge on any atom is -0.435 e. The number of rotatable bonds is 7. The maximum Gasteiger partial charge on any atom is 0.387 e. The molecule has 0 spiro atoms. The number of nitrogens with zero attached hydrogens (tertiary/aromatic N) is 5. The van der Waals surface area contributed by atoms with Gasteiger partial charge in [0.05, 0.1) is 16.3 Å². The van der Waals surface area contributed by atoms with Crippen LogP contribution in [0.15, 0.2) is 48.5 Å². The third-order valence-electron chi connectivity index (χ3n) is 4.30. The minimum atomic E-state index is -2.91. The number of carbonyl (C=O) groups excluding carboxylic acids is 1. The lowest BCUT2D eigenvalue weighted by molar-refractivity contribution is -0.384. The molecule has 0 aliphatic carbocycles. The zero-order valence-electron chi connectivity index (χ0n) is 16.0. The molecule has 156 valence electrons. The van der Waals surface area contributed by atoms with Crippen LogP contribution in [0, 0.1) is 17.0 Å². The Morgan fingerprint density at radius 1 is 1.27 bits per heavy atom. The Morgan fingerprint density at radius 3 is 2.60 bits per heavy atom. The van der Waals surface area contributed by atoms with Crippen LogP contribution in [-0.4, -0.2) is 44.4 Å². The SMILES string of the molecule is Cc1c(C(=O)N(C)Cc2ccc(OC(F)F)cc2)nnn1-c1cccc([N+](=O)[O-])c1. The van der Waals surface area contributed by atoms with Crippen molar-refractivity contribution in [2.24, 2.45) is 0 Å². The molecule has 0 aliphatic rings. The normalized spacial score (nSPS) is 10.8. The third kappa shape index (κ3) is 4.57. The number of benzene rings is 2. The smallest absolute Gasteiger partial charge is 0.387 e. The van der Waals surface area contributed by atoms with Crippen LogP contribution in [0.2, 0.25) is 0 Å². The lowest BCUT2D eigenvalue weighted by Crippen LogP contribution is -2.27. The number of alkyl halides is 2. The number of hydrogen-bond donors (Lipinski definition) is 0. The molecule has 0 N–H and O–H groups in total. The molecule has 0 bridgehead atoms. The average molecular weight is 417 g/mol. The largest absolute Gasteiger partial charge is 0.435 e. The summed E-state index contributed by atoms with van der Waals surface area (Å²) in [6.07, 6.45) is 0. The number of nitro groups is 1. The molecule has 1 aromatic heterocycles. The first-order chi connectivity index (χ1) is 14.3. The molecule has 0 atom stereocenters. The van der Waals surface area contributed by atoms with Gasteiger partial charge >= 0.3 is 6.61 Å². The van der Waals surface area contributed by atoms with Crippen LogP contribution >= 0.6 is 0 Å². The van der Waals surface area contributed by atoms with Crippen LogP contribution in [0.5, 0.6) is 5.75 Å². The van der Waals surface area contributed by atoms with Crippen LogP contribution < -0.4 is 4.74 Å². The molecule has 11 heteroatoms. The highest BCUT2D eigenvalue weighted by molar-refractivity contribution is 5.93. The summed E-state index contributed by atoms with van der Waals surface area (Å²) in [5.41, 5.74) is 1.53. The lowest BCUT2D eigenvalue weighted by Gasteiger charge is -2.16. The van der Waals surface area contributed by atoms with Crippen LogP contribution in [-0.2, 0) is 6.54 Å². The van der Waals surface area contributed by atoms with Gasteiger partial charge in [0.25, 0.3) is 11.6 Å². The van der Waals surface area contributed by atoms with Crippen molar-refractivity contribution in [1.82, 2.24) is 19.9 Å². The van der Waals surface area contributed by atoms with Crippen molar-refractivity contribution < 1.29 is 23.2 Å². The Bertz CT molecular complexity index is 1070. The molecule has 1 amide bonds. The number of halogens is 2. The van der Waals surface area contributed by atoms with E-state index in [1.807, 2.05) is 0 Å². The van der Waals surface area contributed by atoms with Gasteiger partial charge in [-0.3, -0.25) is 14.9 Å². The molecule has 0 saturated carbocycles. The zero-order valence-corrected chi connectivity index (χ0v) is 16.0. The van der Waals surface area contributed by atoms with Gasteiger partial charge in [0.2, 0.25) is 0 Å². The minimum absolute atomic E-state index is 0.0264. The van der Waals surface area contributed by atoms with Crippen molar-refractivity contribution >= 4 is 11.6 Å². The Kier molecular flexibility index (Phi) is 6.00. The fourth-order valence-electron chi connectivity index (χ4n) is 2.81. The number of nitro benzene ring substituents is 1. The predicted octanol–water partition coefficient (Wildman–Crippen LogP) is 3.36. The van der Waals surface area contributed by atoms with Gasteiger partial charge in [0.1, 0.15) is 5.75 Å². The molecular weight excluding hydrogens is 400 g/mol. The molecule has 0 radical (unpaired) electrons. The molecule has 3 aromatic rings. The number of amides is 1. The Morgan fingerprint density at radius 2 is 1.97 bits per heavy atom. The average Bonchev–Trinajstić information content (AvgIpc) is 3.09. The second-order valence-electron chi connectivity index (χ2n) is 6.40. The highest BCUT2D eigenvalue weighted by Crippen LogP contribution is 2.20. The van der Waals surface area contributed by atoms with E-state index in [2.05, 4.69) is 15.0 Å². The van der Waals surface area contributed by atoms with Gasteiger partial charge < -0.3 is 9.64 Å². The maximum atomic E-state index is 12.8. The first kappa shape index (κ1) is 20.8. The predicted molar refractivity (Wildman–Crippen MR) is 102 cm³/mol. The highest BCUT2D eigenvalue weighted by atomic mass is 19.3. The van der Waals surface area contributed by atoms with E-state index in [9.17, 15) is 23.7 Å². The van der Waals surface area contributed by atoms with Crippen molar-refractivity contribution in [1.29, 1.82) is 0 Å². The van der Waals surface area contributed by atoms with Crippen molar-refractivity contribution in [3.8, 4) is 11.4 Å². The Hall–Kier alpha value is -3.89. The van der Waals surface area contributed by atoms with Crippen molar-refractivity contribution in [3.05, 3.63) is 75.6 Å². The number of ether oxygens (including phenoxy) is 1. The highest BCUT2D eigenvalue weighted by Gasteiger charge is 2.21. The van der Waals surface area contributed by atoms with E-state index in [0.29, 0.717) is 16.9 Å².